The first-order valence-corrected chi connectivity index (χ1v) is 15.0. The number of nitrogens with one attached hydrogen (secondary N) is 2. The highest BCUT2D eigenvalue weighted by atomic mass is 35.5. The number of carbonyl (C=O) groups excluding carboxylic acids is 4. The van der Waals surface area contributed by atoms with Crippen molar-refractivity contribution in [1.82, 2.24) is 15.1 Å². The first-order valence-electron chi connectivity index (χ1n) is 14.3. The van der Waals surface area contributed by atoms with Crippen molar-refractivity contribution < 1.29 is 28.0 Å². The van der Waals surface area contributed by atoms with Crippen molar-refractivity contribution in [1.29, 1.82) is 0 Å². The van der Waals surface area contributed by atoms with Gasteiger partial charge in [-0.05, 0) is 49.1 Å². The zero-order valence-corrected chi connectivity index (χ0v) is 25.1. The van der Waals surface area contributed by atoms with Crippen LogP contribution in [0.25, 0.3) is 0 Å². The van der Waals surface area contributed by atoms with Gasteiger partial charge in [0, 0.05) is 44.8 Å². The van der Waals surface area contributed by atoms with Gasteiger partial charge in [-0.1, -0.05) is 47.5 Å². The Kier molecular flexibility index (Phi) is 11.3. The van der Waals surface area contributed by atoms with Gasteiger partial charge in [-0.2, -0.15) is 0 Å². The molecule has 2 aromatic rings. The Bertz CT molecular complexity index is 1360. The van der Waals surface area contributed by atoms with Crippen molar-refractivity contribution in [2.75, 3.05) is 31.6 Å². The van der Waals surface area contributed by atoms with Crippen LogP contribution < -0.4 is 16.4 Å². The quantitative estimate of drug-likeness (QED) is 0.341. The van der Waals surface area contributed by atoms with Crippen molar-refractivity contribution in [3.05, 3.63) is 63.4 Å². The summed E-state index contributed by atoms with van der Waals surface area (Å²) in [6.07, 6.45) is 1.51. The number of hydrogen-bond acceptors (Lipinski definition) is 5. The van der Waals surface area contributed by atoms with Gasteiger partial charge in [0.2, 0.25) is 23.6 Å². The Hall–Kier alpha value is -3.28. The van der Waals surface area contributed by atoms with E-state index in [-0.39, 0.29) is 72.2 Å². The number of carbonyl (C=O) groups is 4. The fourth-order valence-corrected chi connectivity index (χ4v) is 5.81. The number of nitrogens with two attached hydrogens (primary N) is 1. The molecule has 1 unspecified atom stereocenters. The molecular formula is C30H35Cl2F2N5O4. The van der Waals surface area contributed by atoms with E-state index < -0.39 is 36.4 Å². The zero-order chi connectivity index (χ0) is 31.1. The molecule has 4 rings (SSSR count). The molecule has 1 fully saturated rings. The minimum Gasteiger partial charge on any atom is -0.342 e. The fourth-order valence-electron chi connectivity index (χ4n) is 5.50. The standard InChI is InChI=1S/C30H35Cl2F2N5O4/c31-21-7-8-22(28(34)27(21)32)36-29(42)23(11-12-35)37-30(43)24-14-19-5-1-2-6-20(19)17-39(24)26(41)10-9-25(40)38-13-3-4-18(15-33)16-38/h1-2,5-8,18,23-24H,3-4,9-17,35H2,(H,36,42)(H,37,43)/t18?,23-,24-/m0/s1. The lowest BCUT2D eigenvalue weighted by atomic mass is 9.92. The van der Waals surface area contributed by atoms with Crippen LogP contribution in [0.5, 0.6) is 0 Å². The van der Waals surface area contributed by atoms with E-state index in [0.717, 1.165) is 17.5 Å². The molecule has 0 bridgehead atoms. The molecule has 0 aromatic heterocycles. The molecule has 2 aliphatic rings. The molecule has 2 heterocycles. The van der Waals surface area contributed by atoms with Gasteiger partial charge in [-0.3, -0.25) is 23.6 Å². The largest absolute Gasteiger partial charge is 0.342 e. The van der Waals surface area contributed by atoms with Crippen LogP contribution in [0.15, 0.2) is 36.4 Å². The predicted molar refractivity (Wildman–Crippen MR) is 160 cm³/mol. The maximum absolute atomic E-state index is 14.6. The number of nitrogens with zero attached hydrogens (tertiary/aromatic N) is 2. The Labute approximate surface area is 259 Å². The number of likely N-dealkylation sites (tertiary alicyclic amines) is 1. The van der Waals surface area contributed by atoms with E-state index in [2.05, 4.69) is 10.6 Å². The predicted octanol–water partition coefficient (Wildman–Crippen LogP) is 3.85. The summed E-state index contributed by atoms with van der Waals surface area (Å²) < 4.78 is 27.7. The second-order valence-electron chi connectivity index (χ2n) is 10.9. The van der Waals surface area contributed by atoms with Crippen molar-refractivity contribution in [3.63, 3.8) is 0 Å². The number of hydrogen-bond donors (Lipinski definition) is 3. The topological polar surface area (TPSA) is 125 Å². The second kappa shape index (κ2) is 14.9. The summed E-state index contributed by atoms with van der Waals surface area (Å²) in [4.78, 5) is 56.0. The van der Waals surface area contributed by atoms with Crippen molar-refractivity contribution in [2.24, 2.45) is 11.7 Å². The molecular weight excluding hydrogens is 603 g/mol. The van der Waals surface area contributed by atoms with Gasteiger partial charge in [-0.25, -0.2) is 4.39 Å². The third-order valence-corrected chi connectivity index (χ3v) is 8.68. The molecule has 43 heavy (non-hydrogen) atoms. The van der Waals surface area contributed by atoms with Gasteiger partial charge < -0.3 is 26.2 Å². The van der Waals surface area contributed by atoms with Gasteiger partial charge in [0.05, 0.1) is 22.4 Å². The lowest BCUT2D eigenvalue weighted by Gasteiger charge is -2.37. The average Bonchev–Trinajstić information content (AvgIpc) is 3.02. The average molecular weight is 639 g/mol. The Morgan fingerprint density at radius 3 is 2.49 bits per heavy atom. The van der Waals surface area contributed by atoms with Crippen LogP contribution >= 0.6 is 23.2 Å². The van der Waals surface area contributed by atoms with E-state index in [9.17, 15) is 28.0 Å². The smallest absolute Gasteiger partial charge is 0.247 e. The molecule has 0 aliphatic carbocycles. The number of fused-ring (bicyclic) bond motifs is 1. The van der Waals surface area contributed by atoms with Crippen molar-refractivity contribution in [2.45, 2.75) is 57.2 Å². The maximum Gasteiger partial charge on any atom is 0.247 e. The minimum atomic E-state index is -1.13. The summed E-state index contributed by atoms with van der Waals surface area (Å²) in [6, 6.07) is 7.91. The summed E-state index contributed by atoms with van der Waals surface area (Å²) in [6.45, 7) is 0.570. The number of amides is 4. The fraction of sp³-hybridized carbons (Fsp3) is 0.467. The maximum atomic E-state index is 14.6. The molecule has 0 spiro atoms. The first kappa shape index (κ1) is 32.6. The summed E-state index contributed by atoms with van der Waals surface area (Å²) in [5, 5.41) is 4.73. The summed E-state index contributed by atoms with van der Waals surface area (Å²) >= 11 is 11.7. The Balaban J connectivity index is 1.47. The van der Waals surface area contributed by atoms with E-state index in [1.807, 2.05) is 24.3 Å². The van der Waals surface area contributed by atoms with Gasteiger partial charge in [-0.15, -0.1) is 0 Å². The summed E-state index contributed by atoms with van der Waals surface area (Å²) in [5.41, 5.74) is 7.25. The second-order valence-corrected chi connectivity index (χ2v) is 11.6. The monoisotopic (exact) mass is 637 g/mol. The Morgan fingerprint density at radius 1 is 1.05 bits per heavy atom. The Morgan fingerprint density at radius 2 is 1.77 bits per heavy atom. The highest BCUT2D eigenvalue weighted by Gasteiger charge is 2.36. The van der Waals surface area contributed by atoms with E-state index in [1.54, 1.807) is 4.90 Å². The summed E-state index contributed by atoms with van der Waals surface area (Å²) in [7, 11) is 0. The molecule has 1 saturated heterocycles. The molecule has 4 amide bonds. The lowest BCUT2D eigenvalue weighted by Crippen LogP contribution is -2.56. The number of alkyl halides is 1. The minimum absolute atomic E-state index is 0.0205. The first-order chi connectivity index (χ1) is 20.6. The van der Waals surface area contributed by atoms with Gasteiger partial charge in [0.15, 0.2) is 5.82 Å². The van der Waals surface area contributed by atoms with E-state index in [4.69, 9.17) is 28.9 Å². The molecule has 0 saturated carbocycles. The van der Waals surface area contributed by atoms with Gasteiger partial charge in [0.1, 0.15) is 12.1 Å². The van der Waals surface area contributed by atoms with Crippen LogP contribution in [0.4, 0.5) is 14.5 Å². The van der Waals surface area contributed by atoms with E-state index >= 15 is 0 Å². The van der Waals surface area contributed by atoms with E-state index in [0.29, 0.717) is 19.5 Å². The molecule has 0 radical (unpaired) electrons. The number of halogens is 4. The molecule has 4 N–H and O–H groups in total. The van der Waals surface area contributed by atoms with Crippen LogP contribution in [0.3, 0.4) is 0 Å². The molecule has 2 aromatic carbocycles. The third-order valence-electron chi connectivity index (χ3n) is 7.90. The number of benzene rings is 2. The van der Waals surface area contributed by atoms with Crippen LogP contribution in [-0.2, 0) is 32.1 Å². The number of piperidine rings is 1. The van der Waals surface area contributed by atoms with Gasteiger partial charge in [0.25, 0.3) is 0 Å². The molecule has 9 nitrogen and oxygen atoms in total. The number of rotatable bonds is 10. The van der Waals surface area contributed by atoms with Crippen LogP contribution in [-0.4, -0.2) is 71.8 Å². The van der Waals surface area contributed by atoms with Gasteiger partial charge >= 0.3 is 0 Å². The molecule has 232 valence electrons. The van der Waals surface area contributed by atoms with E-state index in [1.165, 1.54) is 17.0 Å². The normalized spacial score (nSPS) is 18.9. The highest BCUT2D eigenvalue weighted by molar-refractivity contribution is 6.42. The highest BCUT2D eigenvalue weighted by Crippen LogP contribution is 2.30. The van der Waals surface area contributed by atoms with Crippen molar-refractivity contribution in [3.8, 4) is 0 Å². The lowest BCUT2D eigenvalue weighted by molar-refractivity contribution is -0.144. The van der Waals surface area contributed by atoms with Crippen LogP contribution in [0.2, 0.25) is 10.0 Å². The summed E-state index contributed by atoms with van der Waals surface area (Å²) in [5.74, 6) is -3.02. The number of anilines is 1. The molecule has 3 atom stereocenters. The van der Waals surface area contributed by atoms with Crippen LogP contribution in [0.1, 0.15) is 43.2 Å². The molecule has 2 aliphatic heterocycles. The van der Waals surface area contributed by atoms with Crippen molar-refractivity contribution >= 4 is 52.5 Å². The molecule has 13 heteroatoms. The zero-order valence-electron chi connectivity index (χ0n) is 23.6. The van der Waals surface area contributed by atoms with Crippen LogP contribution in [0, 0.1) is 11.7 Å². The third kappa shape index (κ3) is 8.01. The SMILES string of the molecule is NCC[C@H](NC(=O)[C@@H]1Cc2ccccc2CN1C(=O)CCC(=O)N1CCCC(CF)C1)C(=O)Nc1ccc(Cl)c(Cl)c1F.